The van der Waals surface area contributed by atoms with E-state index in [4.69, 9.17) is 9.84 Å². The Morgan fingerprint density at radius 3 is 2.50 bits per heavy atom. The fraction of sp³-hybridized carbons (Fsp3) is 0.462. The lowest BCUT2D eigenvalue weighted by atomic mass is 10.0. The molecule has 0 bridgehead atoms. The van der Waals surface area contributed by atoms with E-state index in [1.165, 1.54) is 5.56 Å². The van der Waals surface area contributed by atoms with Gasteiger partial charge in [-0.1, -0.05) is 24.3 Å². The van der Waals surface area contributed by atoms with Crippen LogP contribution in [0.5, 0.6) is 0 Å². The van der Waals surface area contributed by atoms with Gasteiger partial charge >= 0.3 is 5.97 Å². The average Bonchev–Trinajstić information content (AvgIpc) is 2.28. The molecule has 0 fully saturated rings. The van der Waals surface area contributed by atoms with Crippen LogP contribution in [0.1, 0.15) is 37.0 Å². The molecule has 0 aliphatic carbocycles. The summed E-state index contributed by atoms with van der Waals surface area (Å²) >= 11 is 0. The smallest absolute Gasteiger partial charge is 0.303 e. The Balaban J connectivity index is 2.48. The third-order valence-corrected chi connectivity index (χ3v) is 2.66. The van der Waals surface area contributed by atoms with E-state index in [-0.39, 0.29) is 12.5 Å². The maximum absolute atomic E-state index is 10.4. The first-order valence-electron chi connectivity index (χ1n) is 5.47. The molecular formula is C13H18O3. The maximum atomic E-state index is 10.4. The van der Waals surface area contributed by atoms with Gasteiger partial charge < -0.3 is 9.84 Å². The molecule has 0 heterocycles. The van der Waals surface area contributed by atoms with Crippen LogP contribution in [0.2, 0.25) is 0 Å². The number of ether oxygens (including phenoxy) is 1. The molecule has 0 spiro atoms. The zero-order valence-electron chi connectivity index (χ0n) is 9.77. The molecule has 1 aromatic carbocycles. The molecule has 1 aromatic rings. The lowest BCUT2D eigenvalue weighted by Crippen LogP contribution is -1.97. The predicted molar refractivity (Wildman–Crippen MR) is 62.4 cm³/mol. The molecular weight excluding hydrogens is 204 g/mol. The minimum absolute atomic E-state index is 0.105. The molecule has 0 aromatic heterocycles. The second-order valence-corrected chi connectivity index (χ2v) is 3.87. The second kappa shape index (κ2) is 6.28. The van der Waals surface area contributed by atoms with E-state index in [0.29, 0.717) is 6.42 Å². The number of carboxylic acid groups (broad SMARTS) is 1. The number of aliphatic carboxylic acids is 1. The van der Waals surface area contributed by atoms with E-state index in [1.807, 2.05) is 31.2 Å². The van der Waals surface area contributed by atoms with Crippen molar-refractivity contribution in [3.05, 3.63) is 35.4 Å². The van der Waals surface area contributed by atoms with Crippen LogP contribution >= 0.6 is 0 Å². The highest BCUT2D eigenvalue weighted by atomic mass is 16.5. The summed E-state index contributed by atoms with van der Waals surface area (Å²) < 4.78 is 5.21. The van der Waals surface area contributed by atoms with Crippen LogP contribution in [0.3, 0.4) is 0 Å². The van der Waals surface area contributed by atoms with Gasteiger partial charge in [-0.3, -0.25) is 4.79 Å². The van der Waals surface area contributed by atoms with Crippen molar-refractivity contribution in [3.63, 3.8) is 0 Å². The van der Waals surface area contributed by atoms with Crippen LogP contribution in [0.4, 0.5) is 0 Å². The van der Waals surface area contributed by atoms with Crippen molar-refractivity contribution in [3.8, 4) is 0 Å². The molecule has 0 amide bonds. The average molecular weight is 222 g/mol. The van der Waals surface area contributed by atoms with Crippen LogP contribution in [-0.2, 0) is 16.0 Å². The molecule has 1 atom stereocenters. The van der Waals surface area contributed by atoms with Gasteiger partial charge in [0.05, 0.1) is 6.10 Å². The van der Waals surface area contributed by atoms with Gasteiger partial charge in [0.1, 0.15) is 0 Å². The predicted octanol–water partition coefficient (Wildman–Crippen LogP) is 2.80. The van der Waals surface area contributed by atoms with Gasteiger partial charge in [-0.25, -0.2) is 0 Å². The van der Waals surface area contributed by atoms with Gasteiger partial charge in [-0.2, -0.15) is 0 Å². The highest BCUT2D eigenvalue weighted by Gasteiger charge is 2.03. The first-order chi connectivity index (χ1) is 7.63. The fourth-order valence-corrected chi connectivity index (χ4v) is 1.54. The molecule has 16 heavy (non-hydrogen) atoms. The Labute approximate surface area is 96.1 Å². The van der Waals surface area contributed by atoms with Crippen molar-refractivity contribution >= 4 is 5.97 Å². The Hall–Kier alpha value is -1.35. The monoisotopic (exact) mass is 222 g/mol. The van der Waals surface area contributed by atoms with E-state index in [0.717, 1.165) is 12.0 Å². The number of aryl methyl sites for hydroxylation is 1. The molecule has 0 saturated heterocycles. The van der Waals surface area contributed by atoms with E-state index in [2.05, 4.69) is 0 Å². The first-order valence-corrected chi connectivity index (χ1v) is 5.47. The van der Waals surface area contributed by atoms with Crippen molar-refractivity contribution in [2.75, 3.05) is 7.11 Å². The molecule has 1 rings (SSSR count). The minimum Gasteiger partial charge on any atom is -0.481 e. The van der Waals surface area contributed by atoms with Gasteiger partial charge in [-0.15, -0.1) is 0 Å². The van der Waals surface area contributed by atoms with Crippen LogP contribution in [0.25, 0.3) is 0 Å². The van der Waals surface area contributed by atoms with Crippen molar-refractivity contribution in [1.82, 2.24) is 0 Å². The minimum atomic E-state index is -0.732. The van der Waals surface area contributed by atoms with Crippen molar-refractivity contribution in [2.24, 2.45) is 0 Å². The summed E-state index contributed by atoms with van der Waals surface area (Å²) in [6, 6.07) is 8.13. The third-order valence-electron chi connectivity index (χ3n) is 2.66. The Morgan fingerprint density at radius 1 is 1.38 bits per heavy atom. The quantitative estimate of drug-likeness (QED) is 0.805. The van der Waals surface area contributed by atoms with Gasteiger partial charge in [-0.05, 0) is 30.9 Å². The lowest BCUT2D eigenvalue weighted by molar-refractivity contribution is -0.137. The Kier molecular flexibility index (Phi) is 4.99. The van der Waals surface area contributed by atoms with E-state index in [9.17, 15) is 4.79 Å². The molecule has 0 radical (unpaired) electrons. The summed E-state index contributed by atoms with van der Waals surface area (Å²) in [5.74, 6) is -0.732. The normalized spacial score (nSPS) is 12.4. The highest BCUT2D eigenvalue weighted by molar-refractivity contribution is 5.66. The molecule has 88 valence electrons. The van der Waals surface area contributed by atoms with Gasteiger partial charge in [0.2, 0.25) is 0 Å². The van der Waals surface area contributed by atoms with Gasteiger partial charge in [0.25, 0.3) is 0 Å². The fourth-order valence-electron chi connectivity index (χ4n) is 1.54. The number of carbonyl (C=O) groups is 1. The van der Waals surface area contributed by atoms with Gasteiger partial charge in [0, 0.05) is 13.5 Å². The van der Waals surface area contributed by atoms with Crippen LogP contribution in [-0.4, -0.2) is 18.2 Å². The summed E-state index contributed by atoms with van der Waals surface area (Å²) in [7, 11) is 1.69. The van der Waals surface area contributed by atoms with Crippen LogP contribution in [0.15, 0.2) is 24.3 Å². The Morgan fingerprint density at radius 2 is 2.00 bits per heavy atom. The number of benzene rings is 1. The molecule has 1 unspecified atom stereocenters. The summed E-state index contributed by atoms with van der Waals surface area (Å²) in [5.41, 5.74) is 2.32. The van der Waals surface area contributed by atoms with Crippen molar-refractivity contribution in [2.45, 2.75) is 32.3 Å². The van der Waals surface area contributed by atoms with E-state index in [1.54, 1.807) is 7.11 Å². The number of hydrogen-bond donors (Lipinski definition) is 1. The van der Waals surface area contributed by atoms with Crippen LogP contribution < -0.4 is 0 Å². The standard InChI is InChI=1S/C13H18O3/c1-10(16-2)12-8-6-11(7-9-12)4-3-5-13(14)15/h6-10H,3-5H2,1-2H3,(H,14,15). The maximum Gasteiger partial charge on any atom is 0.303 e. The zero-order valence-corrected chi connectivity index (χ0v) is 9.77. The first kappa shape index (κ1) is 12.7. The van der Waals surface area contributed by atoms with Gasteiger partial charge in [0.15, 0.2) is 0 Å². The summed E-state index contributed by atoms with van der Waals surface area (Å²) in [4.78, 5) is 10.4. The number of methoxy groups -OCH3 is 1. The Bertz CT molecular complexity index is 330. The number of carboxylic acids is 1. The molecule has 0 aliphatic rings. The van der Waals surface area contributed by atoms with Crippen molar-refractivity contribution in [1.29, 1.82) is 0 Å². The molecule has 3 heteroatoms. The molecule has 3 nitrogen and oxygen atoms in total. The summed E-state index contributed by atoms with van der Waals surface area (Å²) in [6.07, 6.45) is 1.84. The zero-order chi connectivity index (χ0) is 12.0. The van der Waals surface area contributed by atoms with E-state index < -0.39 is 5.97 Å². The molecule has 0 aliphatic heterocycles. The summed E-state index contributed by atoms with van der Waals surface area (Å²) in [5, 5.41) is 8.52. The SMILES string of the molecule is COC(C)c1ccc(CCCC(=O)O)cc1. The highest BCUT2D eigenvalue weighted by Crippen LogP contribution is 2.16. The van der Waals surface area contributed by atoms with Crippen LogP contribution in [0, 0.1) is 0 Å². The number of hydrogen-bond acceptors (Lipinski definition) is 2. The van der Waals surface area contributed by atoms with Crippen molar-refractivity contribution < 1.29 is 14.6 Å². The van der Waals surface area contributed by atoms with E-state index >= 15 is 0 Å². The molecule has 0 saturated carbocycles. The number of rotatable bonds is 6. The lowest BCUT2D eigenvalue weighted by Gasteiger charge is -2.10. The second-order valence-electron chi connectivity index (χ2n) is 3.87. The topological polar surface area (TPSA) is 46.5 Å². The largest absolute Gasteiger partial charge is 0.481 e. The molecule has 1 N–H and O–H groups in total. The summed E-state index contributed by atoms with van der Waals surface area (Å²) in [6.45, 7) is 2.00. The third kappa shape index (κ3) is 4.03.